The smallest absolute Gasteiger partial charge is 0.161 e. The van der Waals surface area contributed by atoms with Crippen molar-refractivity contribution in [3.8, 4) is 11.5 Å². The van der Waals surface area contributed by atoms with Crippen molar-refractivity contribution in [2.24, 2.45) is 0 Å². The van der Waals surface area contributed by atoms with Crippen molar-refractivity contribution in [1.82, 2.24) is 5.32 Å². The van der Waals surface area contributed by atoms with Crippen LogP contribution in [0.15, 0.2) is 12.1 Å². The van der Waals surface area contributed by atoms with Crippen LogP contribution in [0, 0.1) is 0 Å². The first kappa shape index (κ1) is 13.2. The third-order valence-corrected chi connectivity index (χ3v) is 3.84. The SMILES string of the molecule is COc1cc2c(cc1OC)C(C)(C)CCNCC2. The van der Waals surface area contributed by atoms with Crippen LogP contribution in [0.25, 0.3) is 0 Å². The third kappa shape index (κ3) is 2.46. The van der Waals surface area contributed by atoms with Crippen molar-refractivity contribution in [1.29, 1.82) is 0 Å². The van der Waals surface area contributed by atoms with Crippen LogP contribution in [0.3, 0.4) is 0 Å². The Hall–Kier alpha value is -1.22. The van der Waals surface area contributed by atoms with Gasteiger partial charge in [-0.1, -0.05) is 13.8 Å². The zero-order valence-electron chi connectivity index (χ0n) is 11.8. The van der Waals surface area contributed by atoms with E-state index in [1.165, 1.54) is 11.1 Å². The van der Waals surface area contributed by atoms with E-state index in [4.69, 9.17) is 9.47 Å². The predicted octanol–water partition coefficient (Wildman–Crippen LogP) is 2.52. The van der Waals surface area contributed by atoms with Gasteiger partial charge in [0.1, 0.15) is 0 Å². The zero-order valence-corrected chi connectivity index (χ0v) is 11.8. The Balaban J connectivity index is 2.53. The van der Waals surface area contributed by atoms with Crippen molar-refractivity contribution >= 4 is 0 Å². The topological polar surface area (TPSA) is 30.5 Å². The predicted molar refractivity (Wildman–Crippen MR) is 73.8 cm³/mol. The molecule has 0 spiro atoms. The van der Waals surface area contributed by atoms with Gasteiger partial charge in [0, 0.05) is 0 Å². The maximum absolute atomic E-state index is 5.43. The zero-order chi connectivity index (χ0) is 13.2. The molecule has 3 nitrogen and oxygen atoms in total. The van der Waals surface area contributed by atoms with Crippen molar-refractivity contribution in [3.05, 3.63) is 23.3 Å². The van der Waals surface area contributed by atoms with Crippen LogP contribution in [0.4, 0.5) is 0 Å². The van der Waals surface area contributed by atoms with Gasteiger partial charge in [0.2, 0.25) is 0 Å². The summed E-state index contributed by atoms with van der Waals surface area (Å²) in [6.45, 7) is 6.69. The molecule has 0 radical (unpaired) electrons. The van der Waals surface area contributed by atoms with Crippen molar-refractivity contribution in [3.63, 3.8) is 0 Å². The van der Waals surface area contributed by atoms with Gasteiger partial charge in [-0.3, -0.25) is 0 Å². The lowest BCUT2D eigenvalue weighted by molar-refractivity contribution is 0.351. The molecule has 0 unspecified atom stereocenters. The quantitative estimate of drug-likeness (QED) is 0.873. The fraction of sp³-hybridized carbons (Fsp3) is 0.600. The number of benzene rings is 1. The van der Waals surface area contributed by atoms with Gasteiger partial charge >= 0.3 is 0 Å². The average Bonchev–Trinajstić information content (AvgIpc) is 2.35. The van der Waals surface area contributed by atoms with Crippen LogP contribution >= 0.6 is 0 Å². The highest BCUT2D eigenvalue weighted by atomic mass is 16.5. The minimum Gasteiger partial charge on any atom is -0.493 e. The van der Waals surface area contributed by atoms with Gasteiger partial charge in [0.05, 0.1) is 14.2 Å². The summed E-state index contributed by atoms with van der Waals surface area (Å²) in [5.74, 6) is 1.66. The van der Waals surface area contributed by atoms with Crippen molar-refractivity contribution in [2.45, 2.75) is 32.1 Å². The van der Waals surface area contributed by atoms with Crippen LogP contribution in [0.5, 0.6) is 11.5 Å². The van der Waals surface area contributed by atoms with E-state index < -0.39 is 0 Å². The minimum absolute atomic E-state index is 0.169. The molecule has 0 bridgehead atoms. The number of hydrogen-bond acceptors (Lipinski definition) is 3. The van der Waals surface area contributed by atoms with Crippen LogP contribution in [-0.2, 0) is 11.8 Å². The fourth-order valence-corrected chi connectivity index (χ4v) is 2.64. The average molecular weight is 249 g/mol. The summed E-state index contributed by atoms with van der Waals surface area (Å²) < 4.78 is 10.8. The normalized spacial score (nSPS) is 18.4. The van der Waals surface area contributed by atoms with E-state index >= 15 is 0 Å². The van der Waals surface area contributed by atoms with Gasteiger partial charge in [-0.05, 0) is 54.6 Å². The largest absolute Gasteiger partial charge is 0.493 e. The van der Waals surface area contributed by atoms with Gasteiger partial charge in [-0.2, -0.15) is 0 Å². The van der Waals surface area contributed by atoms with Gasteiger partial charge in [0.15, 0.2) is 11.5 Å². The van der Waals surface area contributed by atoms with Crippen LogP contribution in [0.1, 0.15) is 31.4 Å². The third-order valence-electron chi connectivity index (χ3n) is 3.84. The molecule has 0 atom stereocenters. The van der Waals surface area contributed by atoms with Crippen molar-refractivity contribution in [2.75, 3.05) is 27.3 Å². The molecule has 0 saturated carbocycles. The summed E-state index contributed by atoms with van der Waals surface area (Å²) in [5, 5.41) is 3.48. The lowest BCUT2D eigenvalue weighted by Crippen LogP contribution is -2.31. The highest BCUT2D eigenvalue weighted by Gasteiger charge is 2.26. The first-order chi connectivity index (χ1) is 8.58. The van der Waals surface area contributed by atoms with Crippen LogP contribution in [0.2, 0.25) is 0 Å². The first-order valence-electron chi connectivity index (χ1n) is 6.54. The maximum atomic E-state index is 5.43. The molecule has 1 aromatic carbocycles. The van der Waals surface area contributed by atoms with Crippen LogP contribution in [-0.4, -0.2) is 27.3 Å². The molecule has 100 valence electrons. The summed E-state index contributed by atoms with van der Waals surface area (Å²) >= 11 is 0. The highest BCUT2D eigenvalue weighted by molar-refractivity contribution is 5.50. The minimum atomic E-state index is 0.169. The van der Waals surface area contributed by atoms with Gasteiger partial charge in [0.25, 0.3) is 0 Å². The Morgan fingerprint density at radius 3 is 2.39 bits per heavy atom. The number of hydrogen-bond donors (Lipinski definition) is 1. The van der Waals surface area contributed by atoms with E-state index in [1.807, 2.05) is 0 Å². The second-order valence-electron chi connectivity index (χ2n) is 5.50. The molecule has 1 aliphatic rings. The molecule has 0 amide bonds. The van der Waals surface area contributed by atoms with E-state index in [0.29, 0.717) is 0 Å². The second-order valence-corrected chi connectivity index (χ2v) is 5.50. The first-order valence-corrected chi connectivity index (χ1v) is 6.54. The molecule has 0 aliphatic carbocycles. The number of rotatable bonds is 2. The lowest BCUT2D eigenvalue weighted by Gasteiger charge is -2.31. The number of ether oxygens (including phenoxy) is 2. The molecule has 0 fully saturated rings. The summed E-state index contributed by atoms with van der Waals surface area (Å²) in [7, 11) is 3.39. The standard InChI is InChI=1S/C15H23NO2/c1-15(2)6-8-16-7-5-11-9-13(17-3)14(18-4)10-12(11)15/h9-10,16H,5-8H2,1-4H3. The van der Waals surface area contributed by atoms with Gasteiger partial charge < -0.3 is 14.8 Å². The van der Waals surface area contributed by atoms with Gasteiger partial charge in [-0.25, -0.2) is 0 Å². The highest BCUT2D eigenvalue weighted by Crippen LogP contribution is 2.38. The Morgan fingerprint density at radius 2 is 1.72 bits per heavy atom. The van der Waals surface area contributed by atoms with E-state index in [2.05, 4.69) is 31.3 Å². The molecular weight excluding hydrogens is 226 g/mol. The molecular formula is C15H23NO2. The summed E-state index contributed by atoms with van der Waals surface area (Å²) in [6, 6.07) is 4.28. The number of fused-ring (bicyclic) bond motifs is 1. The Bertz CT molecular complexity index is 427. The molecule has 1 N–H and O–H groups in total. The number of nitrogens with one attached hydrogen (secondary N) is 1. The maximum Gasteiger partial charge on any atom is 0.161 e. The van der Waals surface area contributed by atoms with E-state index in [-0.39, 0.29) is 5.41 Å². The Morgan fingerprint density at radius 1 is 1.06 bits per heavy atom. The molecule has 1 aromatic rings. The summed E-state index contributed by atoms with van der Waals surface area (Å²) in [4.78, 5) is 0. The summed E-state index contributed by atoms with van der Waals surface area (Å²) in [5.41, 5.74) is 2.92. The summed E-state index contributed by atoms with van der Waals surface area (Å²) in [6.07, 6.45) is 2.18. The van der Waals surface area contributed by atoms with E-state index in [9.17, 15) is 0 Å². The lowest BCUT2D eigenvalue weighted by atomic mass is 9.77. The van der Waals surface area contributed by atoms with Gasteiger partial charge in [-0.15, -0.1) is 0 Å². The molecule has 1 heterocycles. The molecule has 0 aromatic heterocycles. The van der Waals surface area contributed by atoms with Crippen molar-refractivity contribution < 1.29 is 9.47 Å². The van der Waals surface area contributed by atoms with E-state index in [1.54, 1.807) is 14.2 Å². The Kier molecular flexibility index (Phi) is 3.81. The molecule has 2 rings (SSSR count). The van der Waals surface area contributed by atoms with Crippen LogP contribution < -0.4 is 14.8 Å². The molecule has 0 saturated heterocycles. The molecule has 3 heteroatoms. The number of methoxy groups -OCH3 is 2. The Labute approximate surface area is 109 Å². The molecule has 18 heavy (non-hydrogen) atoms. The monoisotopic (exact) mass is 249 g/mol. The molecule has 1 aliphatic heterocycles. The second kappa shape index (κ2) is 5.19. The fourth-order valence-electron chi connectivity index (χ4n) is 2.64. The van der Waals surface area contributed by atoms with E-state index in [0.717, 1.165) is 37.4 Å².